The average Bonchev–Trinajstić information content (AvgIpc) is 2.24. The lowest BCUT2D eigenvalue weighted by atomic mass is 10.2. The van der Waals surface area contributed by atoms with Crippen LogP contribution in [0.15, 0.2) is 18.2 Å². The monoisotopic (exact) mass is 220 g/mol. The zero-order valence-corrected chi connectivity index (χ0v) is 9.39. The number of hydrogen-bond acceptors (Lipinski definition) is 4. The Labute approximate surface area is 94.9 Å². The van der Waals surface area contributed by atoms with E-state index in [2.05, 4.69) is 9.88 Å². The van der Waals surface area contributed by atoms with Gasteiger partial charge in [0.25, 0.3) is 0 Å². The van der Waals surface area contributed by atoms with E-state index in [1.165, 1.54) is 0 Å². The van der Waals surface area contributed by atoms with Crippen LogP contribution in [-0.2, 0) is 11.3 Å². The third-order valence-electron chi connectivity index (χ3n) is 2.75. The molecule has 1 aromatic heterocycles. The van der Waals surface area contributed by atoms with Crippen LogP contribution in [0.25, 0.3) is 0 Å². The van der Waals surface area contributed by atoms with Crippen molar-refractivity contribution < 1.29 is 4.79 Å². The highest BCUT2D eigenvalue weighted by molar-refractivity contribution is 5.78. The van der Waals surface area contributed by atoms with Crippen molar-refractivity contribution in [3.8, 4) is 0 Å². The Morgan fingerprint density at radius 3 is 2.94 bits per heavy atom. The largest absolute Gasteiger partial charge is 0.384 e. The van der Waals surface area contributed by atoms with E-state index in [4.69, 9.17) is 5.73 Å². The molecule has 1 aliphatic rings. The second kappa shape index (κ2) is 4.49. The summed E-state index contributed by atoms with van der Waals surface area (Å²) in [4.78, 5) is 19.6. The molecule has 0 saturated carbocycles. The molecule has 0 bridgehead atoms. The first-order valence-corrected chi connectivity index (χ1v) is 5.33. The number of aromatic nitrogens is 1. The van der Waals surface area contributed by atoms with Crippen molar-refractivity contribution in [1.82, 2.24) is 14.8 Å². The minimum atomic E-state index is 0.162. The number of nitrogens with zero attached hydrogens (tertiary/aromatic N) is 3. The van der Waals surface area contributed by atoms with Crippen molar-refractivity contribution in [1.29, 1.82) is 0 Å². The zero-order valence-electron chi connectivity index (χ0n) is 9.39. The third kappa shape index (κ3) is 2.49. The van der Waals surface area contributed by atoms with Gasteiger partial charge < -0.3 is 10.6 Å². The van der Waals surface area contributed by atoms with Crippen LogP contribution in [-0.4, -0.2) is 47.4 Å². The summed E-state index contributed by atoms with van der Waals surface area (Å²) in [6.07, 6.45) is 0. The van der Waals surface area contributed by atoms with Crippen molar-refractivity contribution in [2.45, 2.75) is 6.54 Å². The van der Waals surface area contributed by atoms with Gasteiger partial charge in [-0.1, -0.05) is 6.07 Å². The van der Waals surface area contributed by atoms with Gasteiger partial charge in [0, 0.05) is 26.7 Å². The molecule has 2 heterocycles. The number of anilines is 1. The maximum atomic E-state index is 11.5. The van der Waals surface area contributed by atoms with Crippen LogP contribution < -0.4 is 5.73 Å². The number of likely N-dealkylation sites (N-methyl/N-ethyl adjacent to an activating group) is 1. The van der Waals surface area contributed by atoms with Crippen molar-refractivity contribution in [3.05, 3.63) is 23.9 Å². The first kappa shape index (κ1) is 10.9. The Balaban J connectivity index is 1.98. The molecule has 86 valence electrons. The third-order valence-corrected chi connectivity index (χ3v) is 2.75. The second-order valence-corrected chi connectivity index (χ2v) is 4.08. The molecule has 1 aromatic rings. The lowest BCUT2D eigenvalue weighted by Crippen LogP contribution is -2.48. The van der Waals surface area contributed by atoms with E-state index >= 15 is 0 Å². The van der Waals surface area contributed by atoms with E-state index < -0.39 is 0 Å². The van der Waals surface area contributed by atoms with Crippen LogP contribution in [0.4, 0.5) is 5.82 Å². The molecular weight excluding hydrogens is 204 g/mol. The molecule has 1 saturated heterocycles. The van der Waals surface area contributed by atoms with Crippen LogP contribution in [0.2, 0.25) is 0 Å². The van der Waals surface area contributed by atoms with Gasteiger partial charge in [-0.15, -0.1) is 0 Å². The van der Waals surface area contributed by atoms with E-state index in [-0.39, 0.29) is 5.91 Å². The molecule has 1 aliphatic heterocycles. The van der Waals surface area contributed by atoms with Gasteiger partial charge in [0.2, 0.25) is 5.91 Å². The van der Waals surface area contributed by atoms with Crippen LogP contribution >= 0.6 is 0 Å². The van der Waals surface area contributed by atoms with Crippen LogP contribution in [0, 0.1) is 0 Å². The summed E-state index contributed by atoms with van der Waals surface area (Å²) in [6, 6.07) is 5.58. The number of hydrogen-bond donors (Lipinski definition) is 1. The maximum Gasteiger partial charge on any atom is 0.236 e. The summed E-state index contributed by atoms with van der Waals surface area (Å²) >= 11 is 0. The number of nitrogen functional groups attached to an aromatic ring is 1. The molecule has 5 nitrogen and oxygen atoms in total. The first-order valence-electron chi connectivity index (χ1n) is 5.33. The fourth-order valence-electron chi connectivity index (χ4n) is 1.76. The number of carbonyl (C=O) groups is 1. The van der Waals surface area contributed by atoms with Gasteiger partial charge >= 0.3 is 0 Å². The molecule has 2 N–H and O–H groups in total. The Bertz CT molecular complexity index is 393. The molecule has 0 atom stereocenters. The van der Waals surface area contributed by atoms with Gasteiger partial charge in [0.05, 0.1) is 12.2 Å². The lowest BCUT2D eigenvalue weighted by molar-refractivity contribution is -0.134. The van der Waals surface area contributed by atoms with Gasteiger partial charge in [-0.2, -0.15) is 0 Å². The molecule has 5 heteroatoms. The van der Waals surface area contributed by atoms with Crippen molar-refractivity contribution >= 4 is 11.7 Å². The average molecular weight is 220 g/mol. The number of carbonyl (C=O) groups excluding carboxylic acids is 1. The van der Waals surface area contributed by atoms with Gasteiger partial charge in [-0.3, -0.25) is 9.69 Å². The normalized spacial score (nSPS) is 17.8. The predicted octanol–water partition coefficient (Wildman–Crippen LogP) is -0.0622. The standard InChI is InChI=1S/C11H16N4O/c1-14-5-6-15(8-11(14)16)7-9-3-2-4-10(12)13-9/h2-4H,5-8H2,1H3,(H2,12,13). The Morgan fingerprint density at radius 1 is 1.44 bits per heavy atom. The minimum absolute atomic E-state index is 0.162. The number of rotatable bonds is 2. The summed E-state index contributed by atoms with van der Waals surface area (Å²) < 4.78 is 0. The topological polar surface area (TPSA) is 62.5 Å². The predicted molar refractivity (Wildman–Crippen MR) is 61.6 cm³/mol. The molecule has 0 aliphatic carbocycles. The van der Waals surface area contributed by atoms with Gasteiger partial charge in [-0.25, -0.2) is 4.98 Å². The SMILES string of the molecule is CN1CCN(Cc2cccc(N)n2)CC1=O. The number of piperazine rings is 1. The lowest BCUT2D eigenvalue weighted by Gasteiger charge is -2.31. The molecule has 0 spiro atoms. The maximum absolute atomic E-state index is 11.5. The summed E-state index contributed by atoms with van der Waals surface area (Å²) in [5.74, 6) is 0.688. The Morgan fingerprint density at radius 2 is 2.25 bits per heavy atom. The van der Waals surface area contributed by atoms with Crippen molar-refractivity contribution in [3.63, 3.8) is 0 Å². The minimum Gasteiger partial charge on any atom is -0.384 e. The van der Waals surface area contributed by atoms with Gasteiger partial charge in [-0.05, 0) is 12.1 Å². The fourth-order valence-corrected chi connectivity index (χ4v) is 1.76. The molecule has 1 amide bonds. The molecule has 16 heavy (non-hydrogen) atoms. The molecule has 1 fully saturated rings. The van der Waals surface area contributed by atoms with Crippen molar-refractivity contribution in [2.75, 3.05) is 32.4 Å². The highest BCUT2D eigenvalue weighted by atomic mass is 16.2. The number of pyridine rings is 1. The molecule has 0 radical (unpaired) electrons. The highest BCUT2D eigenvalue weighted by Crippen LogP contribution is 2.07. The molecular formula is C11H16N4O. The Hall–Kier alpha value is -1.62. The molecule has 0 aromatic carbocycles. The number of amides is 1. The van der Waals surface area contributed by atoms with Gasteiger partial charge in [0.1, 0.15) is 5.82 Å². The van der Waals surface area contributed by atoms with E-state index in [9.17, 15) is 4.79 Å². The van der Waals surface area contributed by atoms with Crippen LogP contribution in [0.5, 0.6) is 0 Å². The highest BCUT2D eigenvalue weighted by Gasteiger charge is 2.20. The first-order chi connectivity index (χ1) is 7.65. The van der Waals surface area contributed by atoms with Crippen LogP contribution in [0.1, 0.15) is 5.69 Å². The number of nitrogens with two attached hydrogens (primary N) is 1. The van der Waals surface area contributed by atoms with E-state index in [1.54, 1.807) is 11.0 Å². The van der Waals surface area contributed by atoms with Gasteiger partial charge in [0.15, 0.2) is 0 Å². The van der Waals surface area contributed by atoms with Crippen LogP contribution in [0.3, 0.4) is 0 Å². The summed E-state index contributed by atoms with van der Waals surface area (Å²) in [5.41, 5.74) is 6.52. The van der Waals surface area contributed by atoms with E-state index in [1.807, 2.05) is 19.2 Å². The summed E-state index contributed by atoms with van der Waals surface area (Å²) in [5, 5.41) is 0. The van der Waals surface area contributed by atoms with Crippen molar-refractivity contribution in [2.24, 2.45) is 0 Å². The Kier molecular flexibility index (Phi) is 3.05. The fraction of sp³-hybridized carbons (Fsp3) is 0.455. The smallest absolute Gasteiger partial charge is 0.236 e. The zero-order chi connectivity index (χ0) is 11.5. The summed E-state index contributed by atoms with van der Waals surface area (Å²) in [7, 11) is 1.83. The summed E-state index contributed by atoms with van der Waals surface area (Å²) in [6.45, 7) is 2.82. The molecule has 2 rings (SSSR count). The van der Waals surface area contributed by atoms with E-state index in [0.29, 0.717) is 18.9 Å². The molecule has 0 unspecified atom stereocenters. The quantitative estimate of drug-likeness (QED) is 0.758. The second-order valence-electron chi connectivity index (χ2n) is 4.08. The van der Waals surface area contributed by atoms with E-state index in [0.717, 1.165) is 18.8 Å².